The van der Waals surface area contributed by atoms with E-state index in [9.17, 15) is 24.6 Å². The molecule has 11 heteroatoms. The fourth-order valence-electron chi connectivity index (χ4n) is 6.05. The summed E-state index contributed by atoms with van der Waals surface area (Å²) in [5.41, 5.74) is 10.9. The molecule has 8 nitrogen and oxygen atoms in total. The number of nitrogens with zero attached hydrogens (tertiary/aromatic N) is 3. The number of nitro groups is 1. The standard InChI is InChI=1S/C33H29Cl2FN4O4/c1-17-9-19(16-44-29-8-5-20(36)11-25(29)35)18(2)22(10-17)30-23(15-37)32(38)39(26-7-6-21(40(42)43)12-24(26)34)27-13-33(3,4)14-28(41)31(27)30/h5-12,30H,13-14,16,38H2,1-4H3. The van der Waals surface area contributed by atoms with Gasteiger partial charge in [-0.05, 0) is 66.6 Å². The summed E-state index contributed by atoms with van der Waals surface area (Å²) in [5.74, 6) is -0.953. The number of nitro benzene ring substituents is 1. The largest absolute Gasteiger partial charge is 0.487 e. The molecule has 0 saturated carbocycles. The smallest absolute Gasteiger partial charge is 0.271 e. The molecule has 0 amide bonds. The first-order valence-corrected chi connectivity index (χ1v) is 14.6. The van der Waals surface area contributed by atoms with E-state index in [1.54, 1.807) is 4.90 Å². The fraction of sp³-hybridized carbons (Fsp3) is 0.273. The molecule has 3 aromatic rings. The number of hydrogen-bond donors (Lipinski definition) is 1. The van der Waals surface area contributed by atoms with Crippen molar-refractivity contribution in [1.29, 1.82) is 5.26 Å². The SMILES string of the molecule is Cc1cc(COc2ccc(F)cc2Cl)c(C)c(C2C(C#N)=C(N)N(c3ccc([N+](=O)[O-])cc3Cl)C3=C2C(=O)CC(C)(C)C3)c1. The Balaban J connectivity index is 1.68. The lowest BCUT2D eigenvalue weighted by atomic mass is 9.68. The van der Waals surface area contributed by atoms with Crippen LogP contribution in [0, 0.1) is 46.5 Å². The molecule has 0 aromatic heterocycles. The molecule has 1 heterocycles. The van der Waals surface area contributed by atoms with E-state index in [2.05, 4.69) is 6.07 Å². The van der Waals surface area contributed by atoms with Crippen LogP contribution in [-0.4, -0.2) is 10.7 Å². The van der Waals surface area contributed by atoms with E-state index < -0.39 is 22.1 Å². The molecule has 0 saturated heterocycles. The highest BCUT2D eigenvalue weighted by Gasteiger charge is 2.45. The van der Waals surface area contributed by atoms with E-state index in [-0.39, 0.29) is 45.9 Å². The van der Waals surface area contributed by atoms with Gasteiger partial charge < -0.3 is 10.5 Å². The van der Waals surface area contributed by atoms with Crippen molar-refractivity contribution in [2.24, 2.45) is 11.1 Å². The van der Waals surface area contributed by atoms with Gasteiger partial charge in [-0.1, -0.05) is 54.7 Å². The summed E-state index contributed by atoms with van der Waals surface area (Å²) in [7, 11) is 0. The van der Waals surface area contributed by atoms with Crippen molar-refractivity contribution in [1.82, 2.24) is 0 Å². The van der Waals surface area contributed by atoms with E-state index in [1.165, 1.54) is 36.4 Å². The molecule has 1 atom stereocenters. The molecule has 44 heavy (non-hydrogen) atoms. The topological polar surface area (TPSA) is 122 Å². The monoisotopic (exact) mass is 634 g/mol. The van der Waals surface area contributed by atoms with Gasteiger partial charge in [0.2, 0.25) is 0 Å². The zero-order valence-corrected chi connectivity index (χ0v) is 26.0. The van der Waals surface area contributed by atoms with Crippen LogP contribution in [0.15, 0.2) is 71.2 Å². The molecule has 2 N–H and O–H groups in total. The summed E-state index contributed by atoms with van der Waals surface area (Å²) in [6.07, 6.45) is 0.702. The number of nitrogens with two attached hydrogens (primary N) is 1. The fourth-order valence-corrected chi connectivity index (χ4v) is 6.53. The Morgan fingerprint density at radius 1 is 1.14 bits per heavy atom. The van der Waals surface area contributed by atoms with Crippen LogP contribution in [0.2, 0.25) is 10.0 Å². The van der Waals surface area contributed by atoms with Crippen molar-refractivity contribution >= 4 is 40.4 Å². The number of Topliss-reactive ketones (excluding diaryl/α,β-unsaturated/α-hetero) is 1. The maximum atomic E-state index is 14.0. The maximum absolute atomic E-state index is 14.0. The van der Waals surface area contributed by atoms with Crippen molar-refractivity contribution in [3.8, 4) is 11.8 Å². The number of aryl methyl sites for hydroxylation is 1. The van der Waals surface area contributed by atoms with Gasteiger partial charge in [0, 0.05) is 29.8 Å². The Morgan fingerprint density at radius 2 is 1.86 bits per heavy atom. The van der Waals surface area contributed by atoms with Crippen molar-refractivity contribution < 1.29 is 18.8 Å². The number of rotatable bonds is 6. The number of halogens is 3. The van der Waals surface area contributed by atoms with E-state index >= 15 is 0 Å². The Labute approximate surface area is 264 Å². The highest BCUT2D eigenvalue weighted by molar-refractivity contribution is 6.33. The van der Waals surface area contributed by atoms with E-state index in [0.717, 1.165) is 22.3 Å². The first kappa shape index (κ1) is 31.0. The van der Waals surface area contributed by atoms with Crippen molar-refractivity contribution in [2.45, 2.75) is 53.1 Å². The third kappa shape index (κ3) is 5.63. The van der Waals surface area contributed by atoms with Crippen LogP contribution >= 0.6 is 23.2 Å². The molecule has 1 aliphatic carbocycles. The molecule has 1 aliphatic heterocycles. The average molecular weight is 636 g/mol. The molecule has 0 radical (unpaired) electrons. The second kappa shape index (κ2) is 11.6. The Bertz CT molecular complexity index is 1840. The zero-order valence-electron chi connectivity index (χ0n) is 24.5. The van der Waals surface area contributed by atoms with Gasteiger partial charge in [0.25, 0.3) is 5.69 Å². The normalized spacial score (nSPS) is 17.8. The summed E-state index contributed by atoms with van der Waals surface area (Å²) in [4.78, 5) is 26.4. The summed E-state index contributed by atoms with van der Waals surface area (Å²) in [6, 6.07) is 14.0. The molecule has 0 spiro atoms. The van der Waals surface area contributed by atoms with Crippen LogP contribution in [-0.2, 0) is 11.4 Å². The number of carbonyl (C=O) groups is 1. The Kier molecular flexibility index (Phi) is 8.19. The molecule has 0 bridgehead atoms. The number of ketones is 1. The predicted octanol–water partition coefficient (Wildman–Crippen LogP) is 8.18. The highest BCUT2D eigenvalue weighted by Crippen LogP contribution is 2.52. The number of benzene rings is 3. The van der Waals surface area contributed by atoms with Crippen LogP contribution in [0.25, 0.3) is 0 Å². The van der Waals surface area contributed by atoms with Crippen LogP contribution in [0.1, 0.15) is 54.9 Å². The molecule has 1 unspecified atom stereocenters. The molecule has 3 aromatic carbocycles. The molecule has 2 aliphatic rings. The minimum Gasteiger partial charge on any atom is -0.487 e. The Hall–Kier alpha value is -4.39. The highest BCUT2D eigenvalue weighted by atomic mass is 35.5. The summed E-state index contributed by atoms with van der Waals surface area (Å²) >= 11 is 12.7. The van der Waals surface area contributed by atoms with Crippen molar-refractivity contribution in [3.63, 3.8) is 0 Å². The minimum atomic E-state index is -0.764. The summed E-state index contributed by atoms with van der Waals surface area (Å²) in [5, 5.41) is 22.1. The third-order valence-electron chi connectivity index (χ3n) is 8.05. The van der Waals surface area contributed by atoms with Gasteiger partial charge in [0.1, 0.15) is 24.0 Å². The molecular formula is C33H29Cl2FN4O4. The second-order valence-electron chi connectivity index (χ2n) is 11.9. The number of ether oxygens (including phenoxy) is 1. The molecular weight excluding hydrogens is 606 g/mol. The first-order valence-electron chi connectivity index (χ1n) is 13.8. The number of hydrogen-bond acceptors (Lipinski definition) is 7. The van der Waals surface area contributed by atoms with Gasteiger partial charge in [-0.3, -0.25) is 19.8 Å². The Morgan fingerprint density at radius 3 is 2.50 bits per heavy atom. The van der Waals surface area contributed by atoms with Gasteiger partial charge in [0.05, 0.1) is 38.2 Å². The van der Waals surface area contributed by atoms with Gasteiger partial charge in [0.15, 0.2) is 5.78 Å². The lowest BCUT2D eigenvalue weighted by Crippen LogP contribution is -2.42. The van der Waals surface area contributed by atoms with E-state index in [4.69, 9.17) is 33.7 Å². The van der Waals surface area contributed by atoms with Gasteiger partial charge in [-0.25, -0.2) is 4.39 Å². The van der Waals surface area contributed by atoms with Crippen LogP contribution in [0.4, 0.5) is 15.8 Å². The summed E-state index contributed by atoms with van der Waals surface area (Å²) in [6.45, 7) is 7.86. The number of carbonyl (C=O) groups excluding carboxylic acids is 1. The van der Waals surface area contributed by atoms with Crippen LogP contribution in [0.3, 0.4) is 0 Å². The quantitative estimate of drug-likeness (QED) is 0.214. The number of nitriles is 1. The number of anilines is 1. The second-order valence-corrected chi connectivity index (χ2v) is 12.7. The first-order chi connectivity index (χ1) is 20.7. The predicted molar refractivity (Wildman–Crippen MR) is 167 cm³/mol. The molecule has 5 rings (SSSR count). The summed E-state index contributed by atoms with van der Waals surface area (Å²) < 4.78 is 19.5. The van der Waals surface area contributed by atoms with Crippen LogP contribution < -0.4 is 15.4 Å². The molecule has 0 fully saturated rings. The van der Waals surface area contributed by atoms with Crippen molar-refractivity contribution in [2.75, 3.05) is 4.90 Å². The van der Waals surface area contributed by atoms with Gasteiger partial charge in [-0.2, -0.15) is 5.26 Å². The van der Waals surface area contributed by atoms with E-state index in [0.29, 0.717) is 29.1 Å². The lowest BCUT2D eigenvalue weighted by molar-refractivity contribution is -0.384. The minimum absolute atomic E-state index is 0.0613. The van der Waals surface area contributed by atoms with Gasteiger partial charge in [-0.15, -0.1) is 0 Å². The third-order valence-corrected chi connectivity index (χ3v) is 8.65. The number of non-ortho nitro benzene ring substituents is 1. The maximum Gasteiger partial charge on any atom is 0.271 e. The van der Waals surface area contributed by atoms with E-state index in [1.807, 2.05) is 39.8 Å². The van der Waals surface area contributed by atoms with Gasteiger partial charge >= 0.3 is 0 Å². The van der Waals surface area contributed by atoms with Crippen molar-refractivity contribution in [3.05, 3.63) is 119 Å². The van der Waals surface area contributed by atoms with Crippen LogP contribution in [0.5, 0.6) is 5.75 Å². The molecule has 226 valence electrons. The average Bonchev–Trinajstić information content (AvgIpc) is 2.93. The lowest BCUT2D eigenvalue weighted by Gasteiger charge is -2.44. The number of allylic oxidation sites excluding steroid dienone is 3. The zero-order chi connectivity index (χ0) is 32.1.